The zero-order valence-corrected chi connectivity index (χ0v) is 8.21. The summed E-state index contributed by atoms with van der Waals surface area (Å²) < 4.78 is 5.13. The molecule has 0 amide bonds. The lowest BCUT2D eigenvalue weighted by molar-refractivity contribution is 0.406. The van der Waals surface area contributed by atoms with Crippen molar-refractivity contribution >= 4 is 11.6 Å². The third-order valence-corrected chi connectivity index (χ3v) is 2.08. The third-order valence-electron chi connectivity index (χ3n) is 1.85. The summed E-state index contributed by atoms with van der Waals surface area (Å²) in [6.07, 6.45) is 0. The molecule has 0 spiro atoms. The molecule has 1 aromatic rings. The number of benzene rings is 1. The maximum atomic E-state index is 5.82. The largest absolute Gasteiger partial charge is 0.496 e. The van der Waals surface area contributed by atoms with Gasteiger partial charge in [-0.05, 0) is 18.2 Å². The topological polar surface area (TPSA) is 61.3 Å². The molecule has 4 N–H and O–H groups in total. The monoisotopic (exact) mass is 200 g/mol. The van der Waals surface area contributed by atoms with E-state index < -0.39 is 0 Å². The minimum Gasteiger partial charge on any atom is -0.496 e. The average Bonchev–Trinajstić information content (AvgIpc) is 2.16. The first kappa shape index (κ1) is 10.3. The summed E-state index contributed by atoms with van der Waals surface area (Å²) in [5.74, 6) is 0.724. The van der Waals surface area contributed by atoms with Crippen LogP contribution in [0.3, 0.4) is 0 Å². The van der Waals surface area contributed by atoms with E-state index in [1.807, 2.05) is 0 Å². The van der Waals surface area contributed by atoms with Crippen LogP contribution < -0.4 is 16.2 Å². The Bertz CT molecular complexity index is 291. The third kappa shape index (κ3) is 2.34. The van der Waals surface area contributed by atoms with Crippen molar-refractivity contribution in [2.45, 2.75) is 6.04 Å². The molecule has 0 heterocycles. The van der Waals surface area contributed by atoms with Crippen molar-refractivity contribution in [2.75, 3.05) is 13.7 Å². The van der Waals surface area contributed by atoms with E-state index in [9.17, 15) is 0 Å². The molecular weight excluding hydrogens is 188 g/mol. The molecule has 0 saturated carbocycles. The second-order valence-electron chi connectivity index (χ2n) is 2.73. The number of ether oxygens (including phenoxy) is 1. The zero-order valence-electron chi connectivity index (χ0n) is 7.46. The van der Waals surface area contributed by atoms with Crippen molar-refractivity contribution in [1.29, 1.82) is 0 Å². The van der Waals surface area contributed by atoms with E-state index in [0.717, 1.165) is 11.3 Å². The maximum Gasteiger partial charge on any atom is 0.123 e. The number of hydrogen-bond acceptors (Lipinski definition) is 3. The molecule has 0 bridgehead atoms. The predicted molar refractivity (Wildman–Crippen MR) is 54.0 cm³/mol. The Morgan fingerprint density at radius 1 is 1.54 bits per heavy atom. The highest BCUT2D eigenvalue weighted by atomic mass is 35.5. The number of hydrogen-bond donors (Lipinski definition) is 2. The van der Waals surface area contributed by atoms with Crippen LogP contribution in [-0.2, 0) is 0 Å². The van der Waals surface area contributed by atoms with Gasteiger partial charge in [0.1, 0.15) is 5.75 Å². The second-order valence-corrected chi connectivity index (χ2v) is 3.16. The van der Waals surface area contributed by atoms with Gasteiger partial charge in [0.05, 0.1) is 7.11 Å². The van der Waals surface area contributed by atoms with Crippen molar-refractivity contribution in [3.63, 3.8) is 0 Å². The smallest absolute Gasteiger partial charge is 0.123 e. The van der Waals surface area contributed by atoms with Gasteiger partial charge in [-0.1, -0.05) is 11.6 Å². The highest BCUT2D eigenvalue weighted by Crippen LogP contribution is 2.26. The molecule has 0 unspecified atom stereocenters. The van der Waals surface area contributed by atoms with Gasteiger partial charge in [-0.15, -0.1) is 0 Å². The molecule has 0 aliphatic rings. The zero-order chi connectivity index (χ0) is 9.84. The van der Waals surface area contributed by atoms with Crippen molar-refractivity contribution in [3.8, 4) is 5.75 Å². The molecule has 4 heteroatoms. The number of nitrogens with two attached hydrogens (primary N) is 2. The highest BCUT2D eigenvalue weighted by molar-refractivity contribution is 6.30. The first-order chi connectivity index (χ1) is 6.19. The number of rotatable bonds is 3. The molecular formula is C9H13ClN2O. The Morgan fingerprint density at radius 3 is 2.77 bits per heavy atom. The Hall–Kier alpha value is -0.770. The van der Waals surface area contributed by atoms with Crippen molar-refractivity contribution in [2.24, 2.45) is 11.5 Å². The first-order valence-electron chi connectivity index (χ1n) is 3.98. The Labute approximate surface area is 82.6 Å². The molecule has 1 rings (SSSR count). The Kier molecular flexibility index (Phi) is 3.54. The molecule has 0 fully saturated rings. The van der Waals surface area contributed by atoms with Gasteiger partial charge in [0, 0.05) is 23.2 Å². The summed E-state index contributed by atoms with van der Waals surface area (Å²) in [6, 6.07) is 5.09. The molecule has 0 aromatic heterocycles. The summed E-state index contributed by atoms with van der Waals surface area (Å²) in [5, 5.41) is 0.639. The molecule has 0 aliphatic heterocycles. The standard InChI is InChI=1S/C9H13ClN2O/c1-13-9-3-2-6(10)4-7(9)8(12)5-11/h2-4,8H,5,11-12H2,1H3/t8-/m1/s1. The second kappa shape index (κ2) is 4.46. The van der Waals surface area contributed by atoms with Gasteiger partial charge in [0.2, 0.25) is 0 Å². The maximum absolute atomic E-state index is 5.82. The van der Waals surface area contributed by atoms with Gasteiger partial charge in [-0.2, -0.15) is 0 Å². The fourth-order valence-corrected chi connectivity index (χ4v) is 1.30. The molecule has 0 saturated heterocycles. The Balaban J connectivity index is 3.07. The minimum atomic E-state index is -0.228. The SMILES string of the molecule is COc1ccc(Cl)cc1[C@H](N)CN. The summed E-state index contributed by atoms with van der Waals surface area (Å²) in [5.41, 5.74) is 12.1. The van der Waals surface area contributed by atoms with Crippen LogP contribution in [0.4, 0.5) is 0 Å². The van der Waals surface area contributed by atoms with E-state index in [4.69, 9.17) is 27.8 Å². The van der Waals surface area contributed by atoms with Gasteiger partial charge >= 0.3 is 0 Å². The van der Waals surface area contributed by atoms with Crippen LogP contribution in [0.2, 0.25) is 5.02 Å². The molecule has 1 aromatic carbocycles. The minimum absolute atomic E-state index is 0.228. The molecule has 72 valence electrons. The number of methoxy groups -OCH3 is 1. The van der Waals surface area contributed by atoms with Crippen LogP contribution in [0.1, 0.15) is 11.6 Å². The molecule has 3 nitrogen and oxygen atoms in total. The van der Waals surface area contributed by atoms with Crippen molar-refractivity contribution < 1.29 is 4.74 Å². The van der Waals surface area contributed by atoms with E-state index in [0.29, 0.717) is 11.6 Å². The van der Waals surface area contributed by atoms with Crippen LogP contribution in [0.25, 0.3) is 0 Å². The predicted octanol–water partition coefficient (Wildman–Crippen LogP) is 1.31. The van der Waals surface area contributed by atoms with Gasteiger partial charge in [-0.25, -0.2) is 0 Å². The lowest BCUT2D eigenvalue weighted by Gasteiger charge is -2.13. The van der Waals surface area contributed by atoms with Crippen LogP contribution in [0.15, 0.2) is 18.2 Å². The molecule has 1 atom stereocenters. The van der Waals surface area contributed by atoms with Gasteiger partial charge < -0.3 is 16.2 Å². The van der Waals surface area contributed by atoms with Crippen LogP contribution in [0, 0.1) is 0 Å². The van der Waals surface area contributed by atoms with Gasteiger partial charge in [0.15, 0.2) is 0 Å². The fourth-order valence-electron chi connectivity index (χ4n) is 1.12. The van der Waals surface area contributed by atoms with E-state index in [1.54, 1.807) is 25.3 Å². The number of halogens is 1. The fraction of sp³-hybridized carbons (Fsp3) is 0.333. The normalized spacial score (nSPS) is 12.6. The van der Waals surface area contributed by atoms with E-state index in [1.165, 1.54) is 0 Å². The molecule has 0 radical (unpaired) electrons. The average molecular weight is 201 g/mol. The highest BCUT2D eigenvalue weighted by Gasteiger charge is 2.10. The van der Waals surface area contributed by atoms with Crippen LogP contribution in [0.5, 0.6) is 5.75 Å². The summed E-state index contributed by atoms with van der Waals surface area (Å²) in [4.78, 5) is 0. The first-order valence-corrected chi connectivity index (χ1v) is 4.36. The Morgan fingerprint density at radius 2 is 2.23 bits per heavy atom. The summed E-state index contributed by atoms with van der Waals surface area (Å²) >= 11 is 5.82. The molecule has 0 aliphatic carbocycles. The van der Waals surface area contributed by atoms with E-state index in [2.05, 4.69) is 0 Å². The van der Waals surface area contributed by atoms with Crippen molar-refractivity contribution in [3.05, 3.63) is 28.8 Å². The van der Waals surface area contributed by atoms with E-state index in [-0.39, 0.29) is 6.04 Å². The lowest BCUT2D eigenvalue weighted by atomic mass is 10.1. The lowest BCUT2D eigenvalue weighted by Crippen LogP contribution is -2.21. The molecule has 13 heavy (non-hydrogen) atoms. The van der Waals surface area contributed by atoms with Gasteiger partial charge in [0.25, 0.3) is 0 Å². The van der Waals surface area contributed by atoms with Crippen LogP contribution in [-0.4, -0.2) is 13.7 Å². The van der Waals surface area contributed by atoms with Crippen LogP contribution >= 0.6 is 11.6 Å². The summed E-state index contributed by atoms with van der Waals surface area (Å²) in [7, 11) is 1.59. The summed E-state index contributed by atoms with van der Waals surface area (Å²) in [6.45, 7) is 0.372. The quantitative estimate of drug-likeness (QED) is 0.774. The van der Waals surface area contributed by atoms with E-state index >= 15 is 0 Å². The van der Waals surface area contributed by atoms with Gasteiger partial charge in [-0.3, -0.25) is 0 Å². The van der Waals surface area contributed by atoms with Crippen molar-refractivity contribution in [1.82, 2.24) is 0 Å².